The lowest BCUT2D eigenvalue weighted by atomic mass is 10.1. The molecule has 1 fully saturated rings. The molecule has 0 unspecified atom stereocenters. The molecule has 1 amide bonds. The van der Waals surface area contributed by atoms with Gasteiger partial charge < -0.3 is 4.90 Å². The third kappa shape index (κ3) is 2.86. The number of aryl methyl sites for hydroxylation is 3. The van der Waals surface area contributed by atoms with Gasteiger partial charge in [0.1, 0.15) is 10.7 Å². The number of carbonyl (C=O) groups excluding carboxylic acids is 1. The van der Waals surface area contributed by atoms with Gasteiger partial charge in [0.15, 0.2) is 0 Å². The average Bonchev–Trinajstić information content (AvgIpc) is 2.74. The first-order valence-electron chi connectivity index (χ1n) is 8.11. The van der Waals surface area contributed by atoms with Gasteiger partial charge in [0.25, 0.3) is 5.91 Å². The third-order valence-electron chi connectivity index (χ3n) is 4.42. The zero-order chi connectivity index (χ0) is 15.7. The van der Waals surface area contributed by atoms with E-state index in [-0.39, 0.29) is 5.91 Å². The second-order valence-electron chi connectivity index (χ2n) is 6.15. The third-order valence-corrected chi connectivity index (χ3v) is 5.59. The molecule has 2 aromatic heterocycles. The maximum Gasteiger partial charge on any atom is 0.264 e. The average molecular weight is 317 g/mol. The summed E-state index contributed by atoms with van der Waals surface area (Å²) in [6, 6.07) is 0. The quantitative estimate of drug-likeness (QED) is 0.798. The molecule has 0 aliphatic carbocycles. The van der Waals surface area contributed by atoms with E-state index in [1.165, 1.54) is 30.6 Å². The summed E-state index contributed by atoms with van der Waals surface area (Å²) in [7, 11) is 0. The Morgan fingerprint density at radius 3 is 2.32 bits per heavy atom. The van der Waals surface area contributed by atoms with Crippen LogP contribution in [0.3, 0.4) is 0 Å². The molecular formula is C17H23N3OS. The Bertz CT molecular complexity index is 699. The Balaban J connectivity index is 1.96. The van der Waals surface area contributed by atoms with Gasteiger partial charge in [-0.3, -0.25) is 4.79 Å². The molecule has 3 rings (SSSR count). The van der Waals surface area contributed by atoms with Crippen molar-refractivity contribution in [3.8, 4) is 0 Å². The lowest BCUT2D eigenvalue weighted by Crippen LogP contribution is -2.33. The topological polar surface area (TPSA) is 46.1 Å². The van der Waals surface area contributed by atoms with E-state index in [4.69, 9.17) is 0 Å². The molecule has 3 heterocycles. The molecule has 1 saturated heterocycles. The van der Waals surface area contributed by atoms with Crippen LogP contribution in [0.4, 0.5) is 0 Å². The van der Waals surface area contributed by atoms with Crippen molar-refractivity contribution in [3.05, 3.63) is 22.0 Å². The zero-order valence-corrected chi connectivity index (χ0v) is 14.4. The highest BCUT2D eigenvalue weighted by molar-refractivity contribution is 7.20. The van der Waals surface area contributed by atoms with Gasteiger partial charge in [0.2, 0.25) is 0 Å². The SMILES string of the molecule is Cc1nc(C)c2c(C)c(C(=O)N3CCCCCCC3)sc2n1. The second-order valence-corrected chi connectivity index (χ2v) is 7.15. The normalized spacial score (nSPS) is 16.6. The standard InChI is InChI=1S/C17H23N3OS/c1-11-14-12(2)18-13(3)19-16(14)22-15(11)17(21)20-9-7-5-4-6-8-10-20/h4-10H2,1-3H3. The fraction of sp³-hybridized carbons (Fsp3) is 0.588. The van der Waals surface area contributed by atoms with E-state index < -0.39 is 0 Å². The highest BCUT2D eigenvalue weighted by Crippen LogP contribution is 2.32. The van der Waals surface area contributed by atoms with Gasteiger partial charge in [-0.05, 0) is 39.2 Å². The van der Waals surface area contributed by atoms with Crippen molar-refractivity contribution in [3.63, 3.8) is 0 Å². The van der Waals surface area contributed by atoms with Crippen molar-refractivity contribution in [2.45, 2.75) is 52.9 Å². The van der Waals surface area contributed by atoms with Crippen LogP contribution in [0.15, 0.2) is 0 Å². The highest BCUT2D eigenvalue weighted by Gasteiger charge is 2.23. The summed E-state index contributed by atoms with van der Waals surface area (Å²) < 4.78 is 0. The van der Waals surface area contributed by atoms with E-state index in [0.717, 1.165) is 58.1 Å². The molecule has 0 radical (unpaired) electrons. The number of hydrogen-bond donors (Lipinski definition) is 0. The minimum atomic E-state index is 0.180. The summed E-state index contributed by atoms with van der Waals surface area (Å²) >= 11 is 1.52. The minimum Gasteiger partial charge on any atom is -0.338 e. The summed E-state index contributed by atoms with van der Waals surface area (Å²) in [5.41, 5.74) is 2.02. The summed E-state index contributed by atoms with van der Waals surface area (Å²) in [5, 5.41) is 1.06. The summed E-state index contributed by atoms with van der Waals surface area (Å²) in [4.78, 5) is 25.7. The monoisotopic (exact) mass is 317 g/mol. The number of fused-ring (bicyclic) bond motifs is 1. The molecule has 0 atom stereocenters. The smallest absolute Gasteiger partial charge is 0.264 e. The Morgan fingerprint density at radius 2 is 1.64 bits per heavy atom. The number of likely N-dealkylation sites (tertiary alicyclic amines) is 1. The van der Waals surface area contributed by atoms with Crippen LogP contribution in [0.2, 0.25) is 0 Å². The molecule has 22 heavy (non-hydrogen) atoms. The summed E-state index contributed by atoms with van der Waals surface area (Å²) in [5.74, 6) is 0.955. The lowest BCUT2D eigenvalue weighted by Gasteiger charge is -2.24. The van der Waals surface area contributed by atoms with Crippen molar-refractivity contribution >= 4 is 27.5 Å². The van der Waals surface area contributed by atoms with Gasteiger partial charge in [-0.15, -0.1) is 11.3 Å². The predicted octanol–water partition coefficient (Wildman–Crippen LogP) is 4.02. The van der Waals surface area contributed by atoms with Crippen molar-refractivity contribution < 1.29 is 4.79 Å². The molecular weight excluding hydrogens is 294 g/mol. The van der Waals surface area contributed by atoms with Gasteiger partial charge >= 0.3 is 0 Å². The molecule has 118 valence electrons. The van der Waals surface area contributed by atoms with Gasteiger partial charge in [0, 0.05) is 24.2 Å². The van der Waals surface area contributed by atoms with Crippen molar-refractivity contribution in [2.24, 2.45) is 0 Å². The molecule has 5 heteroatoms. The van der Waals surface area contributed by atoms with Gasteiger partial charge in [0.05, 0.1) is 4.88 Å². The number of aromatic nitrogens is 2. The summed E-state index contributed by atoms with van der Waals surface area (Å²) in [6.07, 6.45) is 6.01. The Labute approximate surface area is 135 Å². The summed E-state index contributed by atoms with van der Waals surface area (Å²) in [6.45, 7) is 7.70. The van der Waals surface area contributed by atoms with E-state index in [2.05, 4.69) is 9.97 Å². The number of amides is 1. The van der Waals surface area contributed by atoms with E-state index in [1.54, 1.807) is 0 Å². The van der Waals surface area contributed by atoms with Crippen LogP contribution in [-0.4, -0.2) is 33.9 Å². The molecule has 0 saturated carbocycles. The molecule has 0 bridgehead atoms. The van der Waals surface area contributed by atoms with E-state index in [9.17, 15) is 4.79 Å². The van der Waals surface area contributed by atoms with Crippen LogP contribution in [0.1, 0.15) is 58.9 Å². The van der Waals surface area contributed by atoms with Crippen molar-refractivity contribution in [1.29, 1.82) is 0 Å². The van der Waals surface area contributed by atoms with E-state index in [1.807, 2.05) is 25.7 Å². The molecule has 4 nitrogen and oxygen atoms in total. The first kappa shape index (κ1) is 15.4. The molecule has 0 spiro atoms. The lowest BCUT2D eigenvalue weighted by molar-refractivity contribution is 0.0747. The van der Waals surface area contributed by atoms with E-state index in [0.29, 0.717) is 0 Å². The first-order valence-corrected chi connectivity index (χ1v) is 8.93. The number of nitrogens with zero attached hydrogens (tertiary/aromatic N) is 3. The predicted molar refractivity (Wildman–Crippen MR) is 90.6 cm³/mol. The van der Waals surface area contributed by atoms with Crippen LogP contribution in [-0.2, 0) is 0 Å². The number of carbonyl (C=O) groups is 1. The molecule has 0 aromatic carbocycles. The van der Waals surface area contributed by atoms with Gasteiger partial charge in [-0.2, -0.15) is 0 Å². The van der Waals surface area contributed by atoms with Crippen LogP contribution < -0.4 is 0 Å². The second kappa shape index (κ2) is 6.32. The van der Waals surface area contributed by atoms with E-state index >= 15 is 0 Å². The zero-order valence-electron chi connectivity index (χ0n) is 13.6. The molecule has 0 N–H and O–H groups in total. The molecule has 1 aliphatic heterocycles. The highest BCUT2D eigenvalue weighted by atomic mass is 32.1. The fourth-order valence-electron chi connectivity index (χ4n) is 3.27. The van der Waals surface area contributed by atoms with Gasteiger partial charge in [-0.25, -0.2) is 9.97 Å². The van der Waals surface area contributed by atoms with Crippen molar-refractivity contribution in [2.75, 3.05) is 13.1 Å². The molecule has 1 aliphatic rings. The maximum absolute atomic E-state index is 12.9. The Kier molecular flexibility index (Phi) is 4.43. The number of thiophene rings is 1. The molecule has 2 aromatic rings. The number of rotatable bonds is 1. The van der Waals surface area contributed by atoms with Crippen LogP contribution in [0.5, 0.6) is 0 Å². The fourth-order valence-corrected chi connectivity index (χ4v) is 4.52. The minimum absolute atomic E-state index is 0.180. The van der Waals surface area contributed by atoms with Gasteiger partial charge in [-0.1, -0.05) is 19.3 Å². The first-order chi connectivity index (χ1) is 10.6. The van der Waals surface area contributed by atoms with Crippen LogP contribution in [0.25, 0.3) is 10.2 Å². The largest absolute Gasteiger partial charge is 0.338 e. The van der Waals surface area contributed by atoms with Crippen LogP contribution >= 0.6 is 11.3 Å². The Hall–Kier alpha value is -1.49. The van der Waals surface area contributed by atoms with Crippen LogP contribution in [0, 0.1) is 20.8 Å². The maximum atomic E-state index is 12.9. The van der Waals surface area contributed by atoms with Crippen molar-refractivity contribution in [1.82, 2.24) is 14.9 Å². The Morgan fingerprint density at radius 1 is 1.00 bits per heavy atom. The number of hydrogen-bond acceptors (Lipinski definition) is 4.